The molecule has 0 aromatic heterocycles. The standard InChI is InChI=1S/C14H22FN3O2S/c1-21(19,20)18-9-7-17(8-10-18)6-5-14(16)12-3-2-4-13(15)11-12/h2-4,11,14H,5-10,16H2,1H3. The van der Waals surface area contributed by atoms with Gasteiger partial charge in [0, 0.05) is 38.8 Å². The van der Waals surface area contributed by atoms with Crippen molar-refractivity contribution in [2.75, 3.05) is 39.0 Å². The molecular weight excluding hydrogens is 293 g/mol. The van der Waals surface area contributed by atoms with Gasteiger partial charge in [-0.3, -0.25) is 0 Å². The van der Waals surface area contributed by atoms with Crippen molar-refractivity contribution in [2.45, 2.75) is 12.5 Å². The maximum absolute atomic E-state index is 13.1. The number of halogens is 1. The number of hydrogen-bond donors (Lipinski definition) is 1. The highest BCUT2D eigenvalue weighted by Gasteiger charge is 2.23. The molecule has 1 atom stereocenters. The van der Waals surface area contributed by atoms with E-state index in [0.29, 0.717) is 26.2 Å². The molecule has 0 aliphatic carbocycles. The molecule has 1 aromatic carbocycles. The Kier molecular flexibility index (Phi) is 5.32. The summed E-state index contributed by atoms with van der Waals surface area (Å²) >= 11 is 0. The minimum Gasteiger partial charge on any atom is -0.324 e. The summed E-state index contributed by atoms with van der Waals surface area (Å²) in [5.74, 6) is -0.273. The van der Waals surface area contributed by atoms with Crippen molar-refractivity contribution in [3.05, 3.63) is 35.6 Å². The zero-order valence-corrected chi connectivity index (χ0v) is 13.0. The molecule has 0 saturated carbocycles. The molecule has 1 aliphatic heterocycles. The molecule has 0 bridgehead atoms. The molecule has 2 N–H and O–H groups in total. The van der Waals surface area contributed by atoms with E-state index in [2.05, 4.69) is 4.90 Å². The quantitative estimate of drug-likeness (QED) is 0.872. The van der Waals surface area contributed by atoms with E-state index in [1.807, 2.05) is 6.07 Å². The second-order valence-electron chi connectivity index (χ2n) is 5.45. The van der Waals surface area contributed by atoms with Crippen molar-refractivity contribution < 1.29 is 12.8 Å². The Labute approximate surface area is 125 Å². The maximum Gasteiger partial charge on any atom is 0.211 e. The van der Waals surface area contributed by atoms with Gasteiger partial charge in [-0.15, -0.1) is 0 Å². The molecule has 5 nitrogen and oxygen atoms in total. The first-order valence-corrected chi connectivity index (χ1v) is 8.89. The zero-order valence-electron chi connectivity index (χ0n) is 12.2. The molecule has 0 spiro atoms. The summed E-state index contributed by atoms with van der Waals surface area (Å²) < 4.78 is 37.5. The maximum atomic E-state index is 13.1. The van der Waals surface area contributed by atoms with E-state index in [0.717, 1.165) is 18.5 Å². The van der Waals surface area contributed by atoms with Gasteiger partial charge in [0.05, 0.1) is 6.26 Å². The molecule has 0 radical (unpaired) electrons. The molecule has 1 saturated heterocycles. The minimum atomic E-state index is -3.09. The van der Waals surface area contributed by atoms with Gasteiger partial charge in [0.2, 0.25) is 10.0 Å². The fourth-order valence-corrected chi connectivity index (χ4v) is 3.34. The van der Waals surface area contributed by atoms with Crippen LogP contribution in [0.25, 0.3) is 0 Å². The summed E-state index contributed by atoms with van der Waals surface area (Å²) in [6, 6.07) is 6.16. The van der Waals surface area contributed by atoms with Crippen molar-refractivity contribution in [3.63, 3.8) is 0 Å². The van der Waals surface area contributed by atoms with Gasteiger partial charge >= 0.3 is 0 Å². The van der Waals surface area contributed by atoms with Gasteiger partial charge in [-0.1, -0.05) is 12.1 Å². The van der Waals surface area contributed by atoms with Gasteiger partial charge in [0.25, 0.3) is 0 Å². The SMILES string of the molecule is CS(=O)(=O)N1CCN(CCC(N)c2cccc(F)c2)CC1. The van der Waals surface area contributed by atoms with Crippen LogP contribution in [0.3, 0.4) is 0 Å². The monoisotopic (exact) mass is 315 g/mol. The molecule has 118 valence electrons. The number of nitrogens with zero attached hydrogens (tertiary/aromatic N) is 2. The average Bonchev–Trinajstić information content (AvgIpc) is 2.44. The Bertz CT molecular complexity index is 571. The van der Waals surface area contributed by atoms with Crippen molar-refractivity contribution in [3.8, 4) is 0 Å². The van der Waals surface area contributed by atoms with E-state index in [1.54, 1.807) is 6.07 Å². The van der Waals surface area contributed by atoms with Crippen molar-refractivity contribution in [1.29, 1.82) is 0 Å². The van der Waals surface area contributed by atoms with Gasteiger partial charge in [-0.2, -0.15) is 4.31 Å². The first kappa shape index (κ1) is 16.4. The van der Waals surface area contributed by atoms with Gasteiger partial charge in [0.15, 0.2) is 0 Å². The van der Waals surface area contributed by atoms with Crippen molar-refractivity contribution in [1.82, 2.24) is 9.21 Å². The molecular formula is C14H22FN3O2S. The molecule has 7 heteroatoms. The third-order valence-corrected chi connectivity index (χ3v) is 5.14. The normalized spacial score (nSPS) is 19.6. The summed E-state index contributed by atoms with van der Waals surface area (Å²) in [5, 5.41) is 0. The Morgan fingerprint density at radius 3 is 2.52 bits per heavy atom. The lowest BCUT2D eigenvalue weighted by Crippen LogP contribution is -2.48. The summed E-state index contributed by atoms with van der Waals surface area (Å²) in [4.78, 5) is 2.20. The Balaban J connectivity index is 1.80. The third kappa shape index (κ3) is 4.74. The van der Waals surface area contributed by atoms with E-state index >= 15 is 0 Å². The fourth-order valence-electron chi connectivity index (χ4n) is 2.51. The lowest BCUT2D eigenvalue weighted by Gasteiger charge is -2.33. The van der Waals surface area contributed by atoms with Gasteiger partial charge in [-0.25, -0.2) is 12.8 Å². The number of benzene rings is 1. The topological polar surface area (TPSA) is 66.6 Å². The number of rotatable bonds is 5. The van der Waals surface area contributed by atoms with Crippen LogP contribution in [0.15, 0.2) is 24.3 Å². The number of piperazine rings is 1. The highest BCUT2D eigenvalue weighted by molar-refractivity contribution is 7.88. The molecule has 1 fully saturated rings. The second kappa shape index (κ2) is 6.83. The van der Waals surface area contributed by atoms with E-state index in [-0.39, 0.29) is 11.9 Å². The smallest absolute Gasteiger partial charge is 0.211 e. The van der Waals surface area contributed by atoms with Crippen LogP contribution in [0.2, 0.25) is 0 Å². The molecule has 1 heterocycles. The average molecular weight is 315 g/mol. The summed E-state index contributed by atoms with van der Waals surface area (Å²) in [7, 11) is -3.09. The summed E-state index contributed by atoms with van der Waals surface area (Å²) in [6.45, 7) is 3.25. The lowest BCUT2D eigenvalue weighted by molar-refractivity contribution is 0.184. The Hall–Kier alpha value is -1.02. The van der Waals surface area contributed by atoms with Crippen LogP contribution >= 0.6 is 0 Å². The zero-order chi connectivity index (χ0) is 15.5. The first-order valence-electron chi connectivity index (χ1n) is 7.05. The van der Waals surface area contributed by atoms with Crippen LogP contribution in [0.5, 0.6) is 0 Å². The second-order valence-corrected chi connectivity index (χ2v) is 7.44. The van der Waals surface area contributed by atoms with Crippen LogP contribution in [-0.4, -0.2) is 56.6 Å². The first-order chi connectivity index (χ1) is 9.86. The Morgan fingerprint density at radius 2 is 1.95 bits per heavy atom. The van der Waals surface area contributed by atoms with Crippen molar-refractivity contribution in [2.24, 2.45) is 5.73 Å². The lowest BCUT2D eigenvalue weighted by atomic mass is 10.0. The molecule has 1 aromatic rings. The summed E-state index contributed by atoms with van der Waals surface area (Å²) in [5.41, 5.74) is 6.87. The molecule has 0 amide bonds. The number of sulfonamides is 1. The van der Waals surface area contributed by atoms with Crippen LogP contribution < -0.4 is 5.73 Å². The van der Waals surface area contributed by atoms with E-state index in [1.165, 1.54) is 22.7 Å². The van der Waals surface area contributed by atoms with Crippen LogP contribution in [-0.2, 0) is 10.0 Å². The van der Waals surface area contributed by atoms with Crippen molar-refractivity contribution >= 4 is 10.0 Å². The highest BCUT2D eigenvalue weighted by atomic mass is 32.2. The fraction of sp³-hybridized carbons (Fsp3) is 0.571. The number of nitrogens with two attached hydrogens (primary N) is 1. The van der Waals surface area contributed by atoms with Crippen LogP contribution in [0, 0.1) is 5.82 Å². The van der Waals surface area contributed by atoms with E-state index in [4.69, 9.17) is 5.73 Å². The summed E-state index contributed by atoms with van der Waals surface area (Å²) in [6.07, 6.45) is 1.96. The van der Waals surface area contributed by atoms with Crippen LogP contribution in [0.4, 0.5) is 4.39 Å². The molecule has 21 heavy (non-hydrogen) atoms. The predicted octanol–water partition coefficient (Wildman–Crippen LogP) is 0.793. The van der Waals surface area contributed by atoms with Gasteiger partial charge in [0.1, 0.15) is 5.82 Å². The molecule has 1 unspecified atom stereocenters. The minimum absolute atomic E-state index is 0.200. The number of hydrogen-bond acceptors (Lipinski definition) is 4. The Morgan fingerprint density at radius 1 is 1.29 bits per heavy atom. The predicted molar refractivity (Wildman–Crippen MR) is 80.8 cm³/mol. The van der Waals surface area contributed by atoms with Crippen LogP contribution in [0.1, 0.15) is 18.0 Å². The van der Waals surface area contributed by atoms with E-state index < -0.39 is 10.0 Å². The molecule has 2 rings (SSSR count). The van der Waals surface area contributed by atoms with E-state index in [9.17, 15) is 12.8 Å². The largest absolute Gasteiger partial charge is 0.324 e. The third-order valence-electron chi connectivity index (χ3n) is 3.83. The van der Waals surface area contributed by atoms with Gasteiger partial charge < -0.3 is 10.6 Å². The van der Waals surface area contributed by atoms with Gasteiger partial charge in [-0.05, 0) is 24.1 Å². The molecule has 1 aliphatic rings. The highest BCUT2D eigenvalue weighted by Crippen LogP contribution is 2.16.